The topological polar surface area (TPSA) is 98.0 Å². The first kappa shape index (κ1) is 14.6. The van der Waals surface area contributed by atoms with Crippen LogP contribution in [0.4, 0.5) is 0 Å². The van der Waals surface area contributed by atoms with Gasteiger partial charge in [-0.15, -0.1) is 10.2 Å². The van der Waals surface area contributed by atoms with Crippen LogP contribution in [0.25, 0.3) is 17.1 Å². The zero-order valence-corrected chi connectivity index (χ0v) is 12.8. The zero-order chi connectivity index (χ0) is 16.4. The maximum absolute atomic E-state index is 10.3. The zero-order valence-electron chi connectivity index (χ0n) is 12.8. The average molecular weight is 324 g/mol. The number of nitrogens with zero attached hydrogens (tertiary/aromatic N) is 5. The summed E-state index contributed by atoms with van der Waals surface area (Å²) in [6.07, 6.45) is 7.72. The Hall–Kier alpha value is -3.00. The van der Waals surface area contributed by atoms with Crippen molar-refractivity contribution in [1.29, 1.82) is 0 Å². The van der Waals surface area contributed by atoms with Crippen molar-refractivity contribution in [2.75, 3.05) is 13.1 Å². The van der Waals surface area contributed by atoms with Crippen molar-refractivity contribution in [2.24, 2.45) is 0 Å². The highest BCUT2D eigenvalue weighted by molar-refractivity contribution is 5.65. The number of hydrogen-bond donors (Lipinski definition) is 2. The third-order valence-electron chi connectivity index (χ3n) is 3.87. The lowest BCUT2D eigenvalue weighted by Gasteiger charge is -2.11. The van der Waals surface area contributed by atoms with Crippen LogP contribution in [0, 0.1) is 0 Å². The molecule has 8 nitrogen and oxygen atoms in total. The molecule has 2 N–H and O–H groups in total. The molecular weight excluding hydrogens is 308 g/mol. The van der Waals surface area contributed by atoms with E-state index in [2.05, 4.69) is 25.5 Å². The molecule has 1 saturated heterocycles. The molecule has 1 fully saturated rings. The van der Waals surface area contributed by atoms with Crippen LogP contribution in [-0.4, -0.2) is 49.0 Å². The molecule has 3 heterocycles. The summed E-state index contributed by atoms with van der Waals surface area (Å²) in [7, 11) is 0. The van der Waals surface area contributed by atoms with Gasteiger partial charge < -0.3 is 19.7 Å². The molecule has 1 aromatic carbocycles. The smallest absolute Gasteiger partial charge is 0.252 e. The molecule has 0 aliphatic carbocycles. The summed E-state index contributed by atoms with van der Waals surface area (Å²) in [4.78, 5) is 8.23. The second kappa shape index (κ2) is 6.25. The van der Waals surface area contributed by atoms with Crippen LogP contribution in [0.3, 0.4) is 0 Å². The Labute approximate surface area is 138 Å². The standard InChI is InChI=1S/C16H16N6O2/c23-14-7-11(22-6-5-18-10-22)1-2-13(14)16-19-9-15(20-21-16)24-12-3-4-17-8-12/h1-2,5-7,9-10,12,17,23H,3-4,8H2. The number of benzene rings is 1. The third-order valence-corrected chi connectivity index (χ3v) is 3.87. The molecule has 1 aliphatic rings. The Balaban J connectivity index is 1.54. The first-order valence-electron chi connectivity index (χ1n) is 7.68. The normalized spacial score (nSPS) is 17.1. The second-order valence-electron chi connectivity index (χ2n) is 5.52. The summed E-state index contributed by atoms with van der Waals surface area (Å²) < 4.78 is 7.49. The van der Waals surface area contributed by atoms with E-state index in [1.165, 1.54) is 6.20 Å². The first-order chi connectivity index (χ1) is 11.8. The van der Waals surface area contributed by atoms with E-state index in [4.69, 9.17) is 4.74 Å². The predicted molar refractivity (Wildman–Crippen MR) is 86.0 cm³/mol. The Morgan fingerprint density at radius 1 is 1.29 bits per heavy atom. The number of hydrogen-bond acceptors (Lipinski definition) is 7. The van der Waals surface area contributed by atoms with Gasteiger partial charge in [0.2, 0.25) is 0 Å². The Morgan fingerprint density at radius 3 is 2.92 bits per heavy atom. The molecule has 0 bridgehead atoms. The molecule has 3 aromatic rings. The minimum atomic E-state index is 0.0802. The van der Waals surface area contributed by atoms with Crippen LogP contribution in [0.1, 0.15) is 6.42 Å². The fourth-order valence-corrected chi connectivity index (χ4v) is 2.62. The SMILES string of the molecule is Oc1cc(-n2ccnc2)ccc1-c1ncc(OC2CCNC2)nn1. The number of phenolic OH excluding ortho intramolecular Hbond substituents is 1. The van der Waals surface area contributed by atoms with E-state index in [9.17, 15) is 5.11 Å². The Morgan fingerprint density at radius 2 is 2.25 bits per heavy atom. The van der Waals surface area contributed by atoms with Gasteiger partial charge >= 0.3 is 0 Å². The minimum Gasteiger partial charge on any atom is -0.507 e. The first-order valence-corrected chi connectivity index (χ1v) is 7.68. The summed E-state index contributed by atoms with van der Waals surface area (Å²) in [6.45, 7) is 1.75. The highest BCUT2D eigenvalue weighted by atomic mass is 16.5. The molecule has 0 amide bonds. The fraction of sp³-hybridized carbons (Fsp3) is 0.250. The van der Waals surface area contributed by atoms with Crippen molar-refractivity contribution in [3.63, 3.8) is 0 Å². The van der Waals surface area contributed by atoms with Gasteiger partial charge in [0.1, 0.15) is 11.9 Å². The van der Waals surface area contributed by atoms with Crippen molar-refractivity contribution in [1.82, 2.24) is 30.0 Å². The number of aromatic nitrogens is 5. The van der Waals surface area contributed by atoms with E-state index in [0.29, 0.717) is 17.3 Å². The lowest BCUT2D eigenvalue weighted by Crippen LogP contribution is -2.20. The van der Waals surface area contributed by atoms with E-state index < -0.39 is 0 Å². The second-order valence-corrected chi connectivity index (χ2v) is 5.52. The lowest BCUT2D eigenvalue weighted by molar-refractivity contribution is 0.210. The number of imidazole rings is 1. The Kier molecular flexibility index (Phi) is 3.80. The van der Waals surface area contributed by atoms with Gasteiger partial charge in [-0.25, -0.2) is 9.97 Å². The lowest BCUT2D eigenvalue weighted by atomic mass is 10.1. The maximum atomic E-state index is 10.3. The van der Waals surface area contributed by atoms with Crippen LogP contribution >= 0.6 is 0 Å². The number of ether oxygens (including phenoxy) is 1. The molecule has 1 unspecified atom stereocenters. The molecule has 8 heteroatoms. The van der Waals surface area contributed by atoms with Crippen LogP contribution in [-0.2, 0) is 0 Å². The van der Waals surface area contributed by atoms with Crippen LogP contribution in [0.2, 0.25) is 0 Å². The van der Waals surface area contributed by atoms with E-state index in [-0.39, 0.29) is 11.9 Å². The molecule has 0 saturated carbocycles. The van der Waals surface area contributed by atoms with Gasteiger partial charge in [0.25, 0.3) is 5.88 Å². The van der Waals surface area contributed by atoms with Crippen LogP contribution < -0.4 is 10.1 Å². The van der Waals surface area contributed by atoms with Crippen molar-refractivity contribution >= 4 is 0 Å². The minimum absolute atomic E-state index is 0.0802. The van der Waals surface area contributed by atoms with Crippen molar-refractivity contribution < 1.29 is 9.84 Å². The van der Waals surface area contributed by atoms with Gasteiger partial charge in [-0.2, -0.15) is 0 Å². The van der Waals surface area contributed by atoms with Crippen molar-refractivity contribution in [3.05, 3.63) is 43.1 Å². The van der Waals surface area contributed by atoms with Gasteiger partial charge in [-0.05, 0) is 25.1 Å². The van der Waals surface area contributed by atoms with E-state index in [1.807, 2.05) is 6.07 Å². The number of nitrogens with one attached hydrogen (secondary N) is 1. The highest BCUT2D eigenvalue weighted by Crippen LogP contribution is 2.28. The average Bonchev–Trinajstić information content (AvgIpc) is 3.29. The molecule has 122 valence electrons. The number of aromatic hydroxyl groups is 1. The largest absolute Gasteiger partial charge is 0.507 e. The molecule has 2 aromatic heterocycles. The summed E-state index contributed by atoms with van der Waals surface area (Å²) in [5, 5.41) is 21.6. The molecule has 1 atom stereocenters. The Bertz CT molecular complexity index is 813. The highest BCUT2D eigenvalue weighted by Gasteiger charge is 2.17. The number of rotatable bonds is 4. The molecule has 0 spiro atoms. The van der Waals surface area contributed by atoms with Gasteiger partial charge in [-0.1, -0.05) is 0 Å². The summed E-state index contributed by atoms with van der Waals surface area (Å²) in [5.41, 5.74) is 1.32. The summed E-state index contributed by atoms with van der Waals surface area (Å²) in [5.74, 6) is 0.820. The van der Waals surface area contributed by atoms with E-state index in [1.54, 1.807) is 35.4 Å². The third kappa shape index (κ3) is 2.91. The summed E-state index contributed by atoms with van der Waals surface area (Å²) >= 11 is 0. The van der Waals surface area contributed by atoms with Crippen LogP contribution in [0.5, 0.6) is 11.6 Å². The van der Waals surface area contributed by atoms with E-state index >= 15 is 0 Å². The van der Waals surface area contributed by atoms with E-state index in [0.717, 1.165) is 25.2 Å². The van der Waals surface area contributed by atoms with Crippen molar-refractivity contribution in [3.8, 4) is 28.7 Å². The van der Waals surface area contributed by atoms with Gasteiger partial charge in [0, 0.05) is 25.0 Å². The predicted octanol–water partition coefficient (Wildman–Crippen LogP) is 1.17. The van der Waals surface area contributed by atoms with Crippen LogP contribution in [0.15, 0.2) is 43.1 Å². The molecule has 24 heavy (non-hydrogen) atoms. The fourth-order valence-electron chi connectivity index (χ4n) is 2.62. The molecule has 4 rings (SSSR count). The van der Waals surface area contributed by atoms with Crippen molar-refractivity contribution in [2.45, 2.75) is 12.5 Å². The summed E-state index contributed by atoms with van der Waals surface area (Å²) in [6, 6.07) is 5.24. The van der Waals surface area contributed by atoms with Gasteiger partial charge in [-0.3, -0.25) is 0 Å². The number of phenols is 1. The molecule has 1 aliphatic heterocycles. The molecular formula is C16H16N6O2. The quantitative estimate of drug-likeness (QED) is 0.743. The van der Waals surface area contributed by atoms with Gasteiger partial charge in [0.05, 0.1) is 23.8 Å². The van der Waals surface area contributed by atoms with Gasteiger partial charge in [0.15, 0.2) is 5.82 Å². The monoisotopic (exact) mass is 324 g/mol. The maximum Gasteiger partial charge on any atom is 0.252 e. The molecule has 0 radical (unpaired) electrons.